The van der Waals surface area contributed by atoms with Crippen LogP contribution in [-0.4, -0.2) is 17.1 Å². The average Bonchev–Trinajstić information content (AvgIpc) is 2.29. The van der Waals surface area contributed by atoms with E-state index in [2.05, 4.69) is 38.0 Å². The van der Waals surface area contributed by atoms with Crippen molar-refractivity contribution in [1.82, 2.24) is 10.3 Å². The van der Waals surface area contributed by atoms with Crippen molar-refractivity contribution in [1.29, 1.82) is 0 Å². The molecule has 1 aromatic heterocycles. The number of halogens is 1. The Morgan fingerprint density at radius 1 is 1.28 bits per heavy atom. The first-order chi connectivity index (χ1) is 8.40. The van der Waals surface area contributed by atoms with E-state index in [-0.39, 0.29) is 6.10 Å². The van der Waals surface area contributed by atoms with Crippen LogP contribution in [0.5, 0.6) is 5.88 Å². The largest absolute Gasteiger partial charge is 0.474 e. The molecule has 0 spiro atoms. The Bertz CT molecular complexity index is 380. The van der Waals surface area contributed by atoms with Gasteiger partial charge in [0.1, 0.15) is 0 Å². The molecule has 0 fully saturated rings. The van der Waals surface area contributed by atoms with Crippen molar-refractivity contribution in [3.05, 3.63) is 22.8 Å². The van der Waals surface area contributed by atoms with Gasteiger partial charge in [0.2, 0.25) is 5.88 Å². The smallest absolute Gasteiger partial charge is 0.213 e. The van der Waals surface area contributed by atoms with Gasteiger partial charge in [0.15, 0.2) is 0 Å². The van der Waals surface area contributed by atoms with E-state index in [1.165, 1.54) is 0 Å². The van der Waals surface area contributed by atoms with Gasteiger partial charge in [-0.3, -0.25) is 0 Å². The molecule has 1 heterocycles. The van der Waals surface area contributed by atoms with Crippen molar-refractivity contribution in [3.63, 3.8) is 0 Å². The van der Waals surface area contributed by atoms with Gasteiger partial charge in [0, 0.05) is 24.8 Å². The number of pyridine rings is 1. The summed E-state index contributed by atoms with van der Waals surface area (Å²) in [6, 6.07) is 2.34. The third kappa shape index (κ3) is 4.83. The van der Waals surface area contributed by atoms with Crippen LogP contribution in [0.3, 0.4) is 0 Å². The lowest BCUT2D eigenvalue weighted by molar-refractivity contribution is 0.163. The summed E-state index contributed by atoms with van der Waals surface area (Å²) < 4.78 is 5.78. The lowest BCUT2D eigenvalue weighted by atomic mass is 10.1. The Kier molecular flexibility index (Phi) is 5.89. The minimum atomic E-state index is 0.143. The van der Waals surface area contributed by atoms with E-state index < -0.39 is 0 Å². The van der Waals surface area contributed by atoms with E-state index in [0.717, 1.165) is 12.1 Å². The summed E-state index contributed by atoms with van der Waals surface area (Å²) in [6.45, 7) is 11.2. The number of hydrogen-bond donors (Lipinski definition) is 1. The molecule has 0 aliphatic carbocycles. The Morgan fingerprint density at radius 2 is 1.94 bits per heavy atom. The second-order valence-electron chi connectivity index (χ2n) is 5.22. The quantitative estimate of drug-likeness (QED) is 0.857. The molecule has 1 unspecified atom stereocenters. The first-order valence-electron chi connectivity index (χ1n) is 6.44. The second kappa shape index (κ2) is 6.95. The standard InChI is InChI=1S/C14H23ClN2O/c1-9(2)11(5)18-14-6-12(7-16-10(3)4)13(15)8-17-14/h6,8-11,16H,7H2,1-5H3. The van der Waals surface area contributed by atoms with Crippen molar-refractivity contribution in [2.24, 2.45) is 5.92 Å². The fourth-order valence-corrected chi connectivity index (χ4v) is 1.47. The molecular formula is C14H23ClN2O. The average molecular weight is 271 g/mol. The zero-order valence-corrected chi connectivity index (χ0v) is 12.6. The zero-order chi connectivity index (χ0) is 13.7. The summed E-state index contributed by atoms with van der Waals surface area (Å²) in [7, 11) is 0. The predicted octanol–water partition coefficient (Wildman–Crippen LogP) is 3.66. The van der Waals surface area contributed by atoms with Crippen molar-refractivity contribution < 1.29 is 4.74 Å². The molecule has 0 bridgehead atoms. The molecule has 1 rings (SSSR count). The molecule has 0 aliphatic heterocycles. The van der Waals surface area contributed by atoms with E-state index >= 15 is 0 Å². The highest BCUT2D eigenvalue weighted by Gasteiger charge is 2.11. The molecule has 1 atom stereocenters. The summed E-state index contributed by atoms with van der Waals surface area (Å²) in [5.41, 5.74) is 1.02. The molecule has 0 saturated heterocycles. The van der Waals surface area contributed by atoms with Crippen LogP contribution < -0.4 is 10.1 Å². The Hall–Kier alpha value is -0.800. The van der Waals surface area contributed by atoms with Crippen LogP contribution in [0, 0.1) is 5.92 Å². The fraction of sp³-hybridized carbons (Fsp3) is 0.643. The monoisotopic (exact) mass is 270 g/mol. The zero-order valence-electron chi connectivity index (χ0n) is 11.8. The van der Waals surface area contributed by atoms with Crippen LogP contribution in [0.25, 0.3) is 0 Å². The van der Waals surface area contributed by atoms with Crippen LogP contribution >= 0.6 is 11.6 Å². The molecule has 18 heavy (non-hydrogen) atoms. The third-order valence-electron chi connectivity index (χ3n) is 2.86. The van der Waals surface area contributed by atoms with Gasteiger partial charge in [-0.2, -0.15) is 0 Å². The fourth-order valence-electron chi connectivity index (χ4n) is 1.30. The van der Waals surface area contributed by atoms with E-state index in [0.29, 0.717) is 22.9 Å². The molecule has 3 nitrogen and oxygen atoms in total. The number of nitrogens with one attached hydrogen (secondary N) is 1. The number of rotatable bonds is 6. The van der Waals surface area contributed by atoms with E-state index in [1.54, 1.807) is 6.20 Å². The van der Waals surface area contributed by atoms with Gasteiger partial charge in [-0.15, -0.1) is 0 Å². The van der Waals surface area contributed by atoms with Gasteiger partial charge in [0.05, 0.1) is 11.1 Å². The van der Waals surface area contributed by atoms with E-state index in [4.69, 9.17) is 16.3 Å². The summed E-state index contributed by atoms with van der Waals surface area (Å²) in [5, 5.41) is 4.01. The summed E-state index contributed by atoms with van der Waals surface area (Å²) in [6.07, 6.45) is 1.80. The molecule has 0 radical (unpaired) electrons. The Labute approximate surface area is 115 Å². The Morgan fingerprint density at radius 3 is 2.50 bits per heavy atom. The summed E-state index contributed by atoms with van der Waals surface area (Å²) in [5.74, 6) is 1.10. The molecule has 1 aromatic rings. The minimum absolute atomic E-state index is 0.143. The van der Waals surface area contributed by atoms with Gasteiger partial charge >= 0.3 is 0 Å². The molecule has 102 valence electrons. The number of nitrogens with zero attached hydrogens (tertiary/aromatic N) is 1. The number of hydrogen-bond acceptors (Lipinski definition) is 3. The maximum Gasteiger partial charge on any atom is 0.213 e. The topological polar surface area (TPSA) is 34.1 Å². The summed E-state index contributed by atoms with van der Waals surface area (Å²) in [4.78, 5) is 4.21. The van der Waals surface area contributed by atoms with Crippen molar-refractivity contribution in [2.75, 3.05) is 0 Å². The minimum Gasteiger partial charge on any atom is -0.474 e. The highest BCUT2D eigenvalue weighted by molar-refractivity contribution is 6.31. The Balaban J connectivity index is 2.74. The number of aromatic nitrogens is 1. The van der Waals surface area contributed by atoms with Crippen LogP contribution in [0.2, 0.25) is 5.02 Å². The summed E-state index contributed by atoms with van der Waals surface area (Å²) >= 11 is 6.12. The normalized spacial score (nSPS) is 13.1. The molecule has 1 N–H and O–H groups in total. The van der Waals surface area contributed by atoms with E-state index in [9.17, 15) is 0 Å². The highest BCUT2D eigenvalue weighted by atomic mass is 35.5. The lowest BCUT2D eigenvalue weighted by Gasteiger charge is -2.18. The van der Waals surface area contributed by atoms with Crippen molar-refractivity contribution in [3.8, 4) is 5.88 Å². The van der Waals surface area contributed by atoms with Crippen molar-refractivity contribution in [2.45, 2.75) is 53.3 Å². The lowest BCUT2D eigenvalue weighted by Crippen LogP contribution is -2.22. The van der Waals surface area contributed by atoms with Gasteiger partial charge < -0.3 is 10.1 Å². The van der Waals surface area contributed by atoms with Crippen LogP contribution in [0.4, 0.5) is 0 Å². The number of ether oxygens (including phenoxy) is 1. The molecule has 0 aromatic carbocycles. The SMILES string of the molecule is CC(C)NCc1cc(OC(C)C(C)C)ncc1Cl. The van der Waals surface area contributed by atoms with Crippen LogP contribution in [0.1, 0.15) is 40.2 Å². The van der Waals surface area contributed by atoms with Crippen molar-refractivity contribution >= 4 is 11.6 Å². The van der Waals surface area contributed by atoms with E-state index in [1.807, 2.05) is 13.0 Å². The van der Waals surface area contributed by atoms with Crippen LogP contribution in [0.15, 0.2) is 12.3 Å². The van der Waals surface area contributed by atoms with Gasteiger partial charge in [0.25, 0.3) is 0 Å². The third-order valence-corrected chi connectivity index (χ3v) is 3.20. The first-order valence-corrected chi connectivity index (χ1v) is 6.82. The molecule has 0 aliphatic rings. The van der Waals surface area contributed by atoms with Gasteiger partial charge in [-0.1, -0.05) is 39.3 Å². The predicted molar refractivity (Wildman–Crippen MR) is 76.2 cm³/mol. The molecule has 0 saturated carbocycles. The van der Waals surface area contributed by atoms with Crippen LogP contribution in [-0.2, 0) is 6.54 Å². The van der Waals surface area contributed by atoms with Gasteiger partial charge in [-0.25, -0.2) is 4.98 Å². The first kappa shape index (κ1) is 15.3. The molecule has 0 amide bonds. The second-order valence-corrected chi connectivity index (χ2v) is 5.62. The maximum absolute atomic E-state index is 6.12. The maximum atomic E-state index is 6.12. The highest BCUT2D eigenvalue weighted by Crippen LogP contribution is 2.21. The van der Waals surface area contributed by atoms with Gasteiger partial charge in [-0.05, 0) is 18.4 Å². The molecule has 4 heteroatoms. The molecular weight excluding hydrogens is 248 g/mol.